The van der Waals surface area contributed by atoms with Gasteiger partial charge in [0, 0.05) is 11.1 Å². The summed E-state index contributed by atoms with van der Waals surface area (Å²) in [6, 6.07) is 1.63. The fourth-order valence-electron chi connectivity index (χ4n) is 1.26. The van der Waals surface area contributed by atoms with Crippen molar-refractivity contribution in [3.05, 3.63) is 39.0 Å². The molecule has 6 nitrogen and oxygen atoms in total. The van der Waals surface area contributed by atoms with E-state index >= 15 is 0 Å². The molecular formula is C9H11ClN4O2. The first kappa shape index (κ1) is 12.7. The van der Waals surface area contributed by atoms with E-state index in [1.165, 1.54) is 6.20 Å². The van der Waals surface area contributed by atoms with Gasteiger partial charge in [0.05, 0.1) is 23.4 Å². The number of aliphatic hydroxyl groups excluding tert-OH is 2. The van der Waals surface area contributed by atoms with E-state index in [9.17, 15) is 10.2 Å². The normalized spacial score (nSPS) is 14.0. The molecule has 2 unspecified atom stereocenters. The van der Waals surface area contributed by atoms with Gasteiger partial charge in [-0.1, -0.05) is 16.7 Å². The van der Waals surface area contributed by atoms with Crippen LogP contribution in [0.25, 0.3) is 10.4 Å². The summed E-state index contributed by atoms with van der Waals surface area (Å²) in [5.74, 6) is 0. The van der Waals surface area contributed by atoms with Gasteiger partial charge in [0.2, 0.25) is 0 Å². The zero-order valence-electron chi connectivity index (χ0n) is 8.58. The first-order valence-electron chi connectivity index (χ1n) is 4.55. The molecule has 0 aliphatic heterocycles. The second-order valence-electron chi connectivity index (χ2n) is 3.28. The summed E-state index contributed by atoms with van der Waals surface area (Å²) in [5, 5.41) is 22.9. The zero-order chi connectivity index (χ0) is 12.1. The zero-order valence-corrected chi connectivity index (χ0v) is 9.33. The molecule has 0 radical (unpaired) electrons. The number of halogens is 1. The fourth-order valence-corrected chi connectivity index (χ4v) is 1.48. The van der Waals surface area contributed by atoms with Crippen LogP contribution < -0.4 is 0 Å². The van der Waals surface area contributed by atoms with E-state index in [-0.39, 0.29) is 6.54 Å². The van der Waals surface area contributed by atoms with Crippen LogP contribution in [0, 0.1) is 6.92 Å². The second kappa shape index (κ2) is 5.67. The van der Waals surface area contributed by atoms with Gasteiger partial charge in [0.1, 0.15) is 6.10 Å². The number of nitrogens with zero attached hydrogens (tertiary/aromatic N) is 4. The van der Waals surface area contributed by atoms with E-state index in [0.29, 0.717) is 16.3 Å². The molecule has 0 spiro atoms. The number of hydrogen-bond acceptors (Lipinski definition) is 4. The number of azide groups is 1. The maximum atomic E-state index is 9.75. The second-order valence-corrected chi connectivity index (χ2v) is 3.72. The number of hydrogen-bond donors (Lipinski definition) is 2. The lowest BCUT2D eigenvalue weighted by Gasteiger charge is -2.17. The lowest BCUT2D eigenvalue weighted by Crippen LogP contribution is -2.22. The highest BCUT2D eigenvalue weighted by atomic mass is 35.5. The van der Waals surface area contributed by atoms with Crippen molar-refractivity contribution in [3.8, 4) is 0 Å². The summed E-state index contributed by atoms with van der Waals surface area (Å²) in [4.78, 5) is 6.43. The summed E-state index contributed by atoms with van der Waals surface area (Å²) < 4.78 is 0. The summed E-state index contributed by atoms with van der Waals surface area (Å²) in [6.07, 6.45) is -0.987. The molecule has 0 saturated heterocycles. The Bertz CT molecular complexity index is 420. The number of rotatable bonds is 4. The maximum absolute atomic E-state index is 9.75. The molecule has 0 fully saturated rings. The lowest BCUT2D eigenvalue weighted by atomic mass is 10.1. The summed E-state index contributed by atoms with van der Waals surface area (Å²) in [6.45, 7) is 1.51. The standard InChI is InChI=1S/C9H11ClN4O2/c1-5-2-6(10)3-12-8(5)9(16)7(15)4-13-14-11/h2-3,7,9,15-16H,4H2,1H3. The minimum Gasteiger partial charge on any atom is -0.390 e. The topological polar surface area (TPSA) is 102 Å². The third-order valence-electron chi connectivity index (χ3n) is 2.06. The number of aromatic nitrogens is 1. The Kier molecular flexibility index (Phi) is 4.52. The molecule has 0 aromatic carbocycles. The van der Waals surface area contributed by atoms with Crippen molar-refractivity contribution in [2.75, 3.05) is 6.54 Å². The number of pyridine rings is 1. The molecule has 16 heavy (non-hydrogen) atoms. The first-order chi connectivity index (χ1) is 7.56. The van der Waals surface area contributed by atoms with Crippen molar-refractivity contribution < 1.29 is 10.2 Å². The summed E-state index contributed by atoms with van der Waals surface area (Å²) in [7, 11) is 0. The Labute approximate surface area is 97.1 Å². The van der Waals surface area contributed by atoms with Crippen LogP contribution in [-0.2, 0) is 0 Å². The van der Waals surface area contributed by atoms with Gasteiger partial charge < -0.3 is 10.2 Å². The van der Waals surface area contributed by atoms with Crippen molar-refractivity contribution in [1.29, 1.82) is 0 Å². The molecule has 0 saturated carbocycles. The van der Waals surface area contributed by atoms with E-state index in [2.05, 4.69) is 15.0 Å². The molecule has 1 heterocycles. The fraction of sp³-hybridized carbons (Fsp3) is 0.444. The minimum atomic E-state index is -1.19. The lowest BCUT2D eigenvalue weighted by molar-refractivity contribution is 0.0214. The Balaban J connectivity index is 2.86. The van der Waals surface area contributed by atoms with Crippen LogP contribution in [-0.4, -0.2) is 27.8 Å². The molecule has 1 aromatic heterocycles. The average Bonchev–Trinajstić information content (AvgIpc) is 2.25. The molecule has 1 rings (SSSR count). The van der Waals surface area contributed by atoms with Gasteiger partial charge in [-0.2, -0.15) is 0 Å². The minimum absolute atomic E-state index is 0.207. The predicted octanol–water partition coefficient (Wildman–Crippen LogP) is 1.75. The summed E-state index contributed by atoms with van der Waals surface area (Å²) in [5.41, 5.74) is 9.08. The van der Waals surface area contributed by atoms with Crippen molar-refractivity contribution in [2.24, 2.45) is 5.11 Å². The van der Waals surface area contributed by atoms with Gasteiger partial charge in [-0.3, -0.25) is 4.98 Å². The van der Waals surface area contributed by atoms with E-state index in [1.807, 2.05) is 0 Å². The van der Waals surface area contributed by atoms with Gasteiger partial charge >= 0.3 is 0 Å². The highest BCUT2D eigenvalue weighted by molar-refractivity contribution is 6.30. The Morgan fingerprint density at radius 3 is 2.88 bits per heavy atom. The molecule has 0 aliphatic carbocycles. The largest absolute Gasteiger partial charge is 0.390 e. The van der Waals surface area contributed by atoms with Gasteiger partial charge in [-0.15, -0.1) is 0 Å². The molecule has 0 amide bonds. The smallest absolute Gasteiger partial charge is 0.122 e. The molecule has 2 atom stereocenters. The Hall–Kier alpha value is -1.33. The number of aliphatic hydroxyl groups is 2. The van der Waals surface area contributed by atoms with Crippen LogP contribution in [0.15, 0.2) is 17.4 Å². The van der Waals surface area contributed by atoms with E-state index < -0.39 is 12.2 Å². The Morgan fingerprint density at radius 2 is 2.31 bits per heavy atom. The van der Waals surface area contributed by atoms with Gasteiger partial charge in [-0.05, 0) is 24.1 Å². The predicted molar refractivity (Wildman–Crippen MR) is 59.0 cm³/mol. The molecule has 0 aliphatic rings. The molecule has 2 N–H and O–H groups in total. The third kappa shape index (κ3) is 3.08. The average molecular weight is 243 g/mol. The van der Waals surface area contributed by atoms with Crippen molar-refractivity contribution in [1.82, 2.24) is 4.98 Å². The van der Waals surface area contributed by atoms with Crippen LogP contribution in [0.5, 0.6) is 0 Å². The molecule has 7 heteroatoms. The maximum Gasteiger partial charge on any atom is 0.122 e. The van der Waals surface area contributed by atoms with Crippen LogP contribution in [0.2, 0.25) is 5.02 Å². The highest BCUT2D eigenvalue weighted by Gasteiger charge is 2.20. The third-order valence-corrected chi connectivity index (χ3v) is 2.27. The van der Waals surface area contributed by atoms with Crippen LogP contribution >= 0.6 is 11.6 Å². The quantitative estimate of drug-likeness (QED) is 0.478. The monoisotopic (exact) mass is 242 g/mol. The molecule has 1 aromatic rings. The van der Waals surface area contributed by atoms with Gasteiger partial charge in [-0.25, -0.2) is 0 Å². The van der Waals surface area contributed by atoms with Crippen molar-refractivity contribution >= 4 is 11.6 Å². The molecule has 86 valence electrons. The highest BCUT2D eigenvalue weighted by Crippen LogP contribution is 2.21. The first-order valence-corrected chi connectivity index (χ1v) is 4.93. The molecular weight excluding hydrogens is 232 g/mol. The summed E-state index contributed by atoms with van der Waals surface area (Å²) >= 11 is 5.71. The molecule has 0 bridgehead atoms. The van der Waals surface area contributed by atoms with Crippen LogP contribution in [0.3, 0.4) is 0 Å². The van der Waals surface area contributed by atoms with Gasteiger partial charge in [0.25, 0.3) is 0 Å². The Morgan fingerprint density at radius 1 is 1.62 bits per heavy atom. The van der Waals surface area contributed by atoms with Crippen LogP contribution in [0.4, 0.5) is 0 Å². The van der Waals surface area contributed by atoms with Crippen molar-refractivity contribution in [3.63, 3.8) is 0 Å². The van der Waals surface area contributed by atoms with E-state index in [4.69, 9.17) is 17.1 Å². The SMILES string of the molecule is Cc1cc(Cl)cnc1C(O)C(O)CN=[N+]=[N-]. The van der Waals surface area contributed by atoms with Crippen molar-refractivity contribution in [2.45, 2.75) is 19.1 Å². The van der Waals surface area contributed by atoms with E-state index in [0.717, 1.165) is 0 Å². The van der Waals surface area contributed by atoms with Gasteiger partial charge in [0.15, 0.2) is 0 Å². The van der Waals surface area contributed by atoms with Crippen LogP contribution in [0.1, 0.15) is 17.4 Å². The van der Waals surface area contributed by atoms with E-state index in [1.54, 1.807) is 13.0 Å². The number of aryl methyl sites for hydroxylation is 1.